The molecule has 74 valence electrons. The quantitative estimate of drug-likeness (QED) is 0.857. The molecule has 0 unspecified atom stereocenters. The highest BCUT2D eigenvalue weighted by Gasteiger charge is 2.07. The number of benzene rings is 1. The van der Waals surface area contributed by atoms with Crippen molar-refractivity contribution in [2.45, 2.75) is 6.92 Å². The number of halogens is 1. The maximum absolute atomic E-state index is 9.68. The van der Waals surface area contributed by atoms with E-state index in [1.54, 1.807) is 6.07 Å². The van der Waals surface area contributed by atoms with Gasteiger partial charge in [0.1, 0.15) is 5.75 Å². The smallest absolute Gasteiger partial charge is 0.175 e. The molecule has 0 bridgehead atoms. The van der Waals surface area contributed by atoms with E-state index in [0.717, 1.165) is 18.7 Å². The molecule has 0 aliphatic carbocycles. The van der Waals surface area contributed by atoms with Gasteiger partial charge in [0, 0.05) is 8.96 Å². The van der Waals surface area contributed by atoms with E-state index in [-0.39, 0.29) is 0 Å². The van der Waals surface area contributed by atoms with Gasteiger partial charge in [-0.15, -0.1) is 0 Å². The van der Waals surface area contributed by atoms with E-state index < -0.39 is 0 Å². The van der Waals surface area contributed by atoms with E-state index in [4.69, 9.17) is 4.74 Å². The van der Waals surface area contributed by atoms with Crippen LogP contribution in [0.5, 0.6) is 10.8 Å². The third-order valence-electron chi connectivity index (χ3n) is 1.83. The third-order valence-corrected chi connectivity index (χ3v) is 3.53. The summed E-state index contributed by atoms with van der Waals surface area (Å²) >= 11 is 3.67. The summed E-state index contributed by atoms with van der Waals surface area (Å²) in [6.45, 7) is 2.61. The molecular formula is C10H9IO2S. The molecule has 1 aromatic carbocycles. The average molecular weight is 320 g/mol. The van der Waals surface area contributed by atoms with Crippen molar-refractivity contribution in [3.63, 3.8) is 0 Å². The molecule has 2 rings (SSSR count). The van der Waals surface area contributed by atoms with Crippen LogP contribution in [-0.2, 0) is 0 Å². The number of phenols is 1. The maximum atomic E-state index is 9.68. The molecule has 0 aliphatic heterocycles. The lowest BCUT2D eigenvalue weighted by Gasteiger charge is -1.95. The van der Waals surface area contributed by atoms with Crippen molar-refractivity contribution in [3.05, 3.63) is 21.8 Å². The van der Waals surface area contributed by atoms with Gasteiger partial charge in [-0.2, -0.15) is 0 Å². The first kappa shape index (κ1) is 10.0. The minimum Gasteiger partial charge on any atom is -0.506 e. The van der Waals surface area contributed by atoms with Gasteiger partial charge < -0.3 is 9.84 Å². The van der Waals surface area contributed by atoms with Crippen LogP contribution in [0.2, 0.25) is 0 Å². The number of phenolic OH excluding ortho intramolecular Hbond substituents is 1. The van der Waals surface area contributed by atoms with E-state index in [1.165, 1.54) is 11.3 Å². The Morgan fingerprint density at radius 3 is 2.93 bits per heavy atom. The van der Waals surface area contributed by atoms with Crippen molar-refractivity contribution in [1.29, 1.82) is 0 Å². The van der Waals surface area contributed by atoms with Crippen LogP contribution in [0.1, 0.15) is 6.92 Å². The highest BCUT2D eigenvalue weighted by Crippen LogP contribution is 2.38. The lowest BCUT2D eigenvalue weighted by atomic mass is 10.2. The van der Waals surface area contributed by atoms with Crippen molar-refractivity contribution >= 4 is 44.0 Å². The van der Waals surface area contributed by atoms with Crippen molar-refractivity contribution in [1.82, 2.24) is 0 Å². The van der Waals surface area contributed by atoms with E-state index in [9.17, 15) is 5.11 Å². The predicted octanol–water partition coefficient (Wildman–Crippen LogP) is 3.61. The Morgan fingerprint density at radius 1 is 1.43 bits per heavy atom. The second-order valence-corrected chi connectivity index (χ2v) is 5.10. The molecule has 1 aromatic heterocycles. The number of ether oxygens (including phenoxy) is 1. The molecule has 0 aliphatic rings. The summed E-state index contributed by atoms with van der Waals surface area (Å²) in [7, 11) is 0. The van der Waals surface area contributed by atoms with Crippen molar-refractivity contribution in [2.24, 2.45) is 0 Å². The zero-order valence-electron chi connectivity index (χ0n) is 7.58. The van der Waals surface area contributed by atoms with Gasteiger partial charge >= 0.3 is 0 Å². The first-order valence-corrected chi connectivity index (χ1v) is 6.15. The van der Waals surface area contributed by atoms with Crippen LogP contribution in [0.4, 0.5) is 0 Å². The summed E-state index contributed by atoms with van der Waals surface area (Å²) in [5.74, 6) is 0.336. The summed E-state index contributed by atoms with van der Waals surface area (Å²) in [6, 6.07) is 5.76. The second-order valence-electron chi connectivity index (χ2n) is 2.84. The SMILES string of the molecule is CCOc1cc2cc(I)cc(O)c2s1. The highest BCUT2D eigenvalue weighted by molar-refractivity contribution is 14.1. The fourth-order valence-electron chi connectivity index (χ4n) is 1.29. The molecule has 1 N–H and O–H groups in total. The zero-order chi connectivity index (χ0) is 10.1. The number of thiophene rings is 1. The van der Waals surface area contributed by atoms with Crippen molar-refractivity contribution in [3.8, 4) is 10.8 Å². The van der Waals surface area contributed by atoms with Crippen LogP contribution in [0.25, 0.3) is 10.1 Å². The van der Waals surface area contributed by atoms with Gasteiger partial charge in [0.05, 0.1) is 11.3 Å². The Kier molecular flexibility index (Phi) is 2.83. The zero-order valence-corrected chi connectivity index (χ0v) is 10.6. The molecule has 0 fully saturated rings. The van der Waals surface area contributed by atoms with Gasteiger partial charge in [0.15, 0.2) is 5.06 Å². The Labute approximate surface area is 99.7 Å². The van der Waals surface area contributed by atoms with Crippen LogP contribution in [0.3, 0.4) is 0 Å². The second kappa shape index (κ2) is 3.94. The average Bonchev–Trinajstić information content (AvgIpc) is 2.48. The molecule has 0 atom stereocenters. The minimum atomic E-state index is 0.336. The van der Waals surface area contributed by atoms with Crippen LogP contribution in [-0.4, -0.2) is 11.7 Å². The van der Waals surface area contributed by atoms with Crippen LogP contribution >= 0.6 is 33.9 Å². The Hall–Kier alpha value is -0.490. The predicted molar refractivity (Wildman–Crippen MR) is 67.4 cm³/mol. The van der Waals surface area contributed by atoms with Gasteiger partial charge in [-0.3, -0.25) is 0 Å². The largest absolute Gasteiger partial charge is 0.506 e. The monoisotopic (exact) mass is 320 g/mol. The fraction of sp³-hybridized carbons (Fsp3) is 0.200. The van der Waals surface area contributed by atoms with E-state index in [2.05, 4.69) is 22.6 Å². The summed E-state index contributed by atoms with van der Waals surface area (Å²) in [5.41, 5.74) is 0. The first-order chi connectivity index (χ1) is 6.70. The van der Waals surface area contributed by atoms with E-state index in [0.29, 0.717) is 12.4 Å². The molecule has 0 radical (unpaired) electrons. The summed E-state index contributed by atoms with van der Waals surface area (Å²) in [5, 5.41) is 11.6. The number of hydrogen-bond donors (Lipinski definition) is 1. The molecule has 0 amide bonds. The van der Waals surface area contributed by atoms with Gasteiger partial charge in [-0.1, -0.05) is 11.3 Å². The summed E-state index contributed by atoms with van der Waals surface area (Å²) < 4.78 is 7.32. The standard InChI is InChI=1S/C10H9IO2S/c1-2-13-9-4-6-3-7(11)5-8(12)10(6)14-9/h3-5,12H,2H2,1H3. The van der Waals surface area contributed by atoms with E-state index >= 15 is 0 Å². The Balaban J connectivity index is 2.58. The molecule has 1 heterocycles. The van der Waals surface area contributed by atoms with Crippen molar-refractivity contribution < 1.29 is 9.84 Å². The highest BCUT2D eigenvalue weighted by atomic mass is 127. The van der Waals surface area contributed by atoms with Crippen LogP contribution < -0.4 is 4.74 Å². The summed E-state index contributed by atoms with van der Waals surface area (Å²) in [6.07, 6.45) is 0. The molecule has 4 heteroatoms. The normalized spacial score (nSPS) is 10.7. The number of hydrogen-bond acceptors (Lipinski definition) is 3. The first-order valence-electron chi connectivity index (χ1n) is 4.25. The van der Waals surface area contributed by atoms with Gasteiger partial charge in [-0.05, 0) is 47.7 Å². The third kappa shape index (κ3) is 1.81. The Morgan fingerprint density at radius 2 is 2.21 bits per heavy atom. The van der Waals surface area contributed by atoms with Gasteiger partial charge in [-0.25, -0.2) is 0 Å². The van der Waals surface area contributed by atoms with Crippen LogP contribution in [0.15, 0.2) is 18.2 Å². The van der Waals surface area contributed by atoms with Gasteiger partial charge in [0.25, 0.3) is 0 Å². The molecule has 2 nitrogen and oxygen atoms in total. The summed E-state index contributed by atoms with van der Waals surface area (Å²) in [4.78, 5) is 0. The lowest BCUT2D eigenvalue weighted by Crippen LogP contribution is -1.86. The fourth-order valence-corrected chi connectivity index (χ4v) is 2.88. The lowest BCUT2D eigenvalue weighted by molar-refractivity contribution is 0.350. The molecule has 0 saturated heterocycles. The molecular weight excluding hydrogens is 311 g/mol. The number of fused-ring (bicyclic) bond motifs is 1. The topological polar surface area (TPSA) is 29.5 Å². The van der Waals surface area contributed by atoms with Crippen LogP contribution in [0, 0.1) is 3.57 Å². The molecule has 2 aromatic rings. The molecule has 14 heavy (non-hydrogen) atoms. The van der Waals surface area contributed by atoms with Gasteiger partial charge in [0.2, 0.25) is 0 Å². The molecule has 0 spiro atoms. The Bertz CT molecular complexity index is 464. The number of aromatic hydroxyl groups is 1. The van der Waals surface area contributed by atoms with E-state index in [1.807, 2.05) is 19.1 Å². The maximum Gasteiger partial charge on any atom is 0.175 e. The molecule has 0 saturated carbocycles. The van der Waals surface area contributed by atoms with Crippen molar-refractivity contribution in [2.75, 3.05) is 6.61 Å². The number of rotatable bonds is 2. The minimum absolute atomic E-state index is 0.336.